The van der Waals surface area contributed by atoms with Gasteiger partial charge in [-0.2, -0.15) is 17.4 Å². The summed E-state index contributed by atoms with van der Waals surface area (Å²) in [5, 5.41) is 9.50. The molecule has 1 atom stereocenters. The molecule has 0 amide bonds. The van der Waals surface area contributed by atoms with Crippen LogP contribution in [-0.4, -0.2) is 36.9 Å². The highest BCUT2D eigenvalue weighted by molar-refractivity contribution is 7.87. The Morgan fingerprint density at radius 2 is 2.05 bits per heavy atom. The van der Waals surface area contributed by atoms with Crippen molar-refractivity contribution in [3.05, 3.63) is 34.9 Å². The Balaban J connectivity index is 2.01. The van der Waals surface area contributed by atoms with Gasteiger partial charge in [0.25, 0.3) is 10.2 Å². The monoisotopic (exact) mass is 346 g/mol. The molecule has 1 aromatic carbocycles. The molecule has 0 aliphatic carbocycles. The molecular weight excluding hydrogens is 328 g/mol. The molecular formula is C14H19ClN2O4S. The summed E-state index contributed by atoms with van der Waals surface area (Å²) >= 11 is 5.91. The third kappa shape index (κ3) is 4.19. The van der Waals surface area contributed by atoms with Crippen molar-refractivity contribution < 1.29 is 18.3 Å². The van der Waals surface area contributed by atoms with E-state index in [4.69, 9.17) is 16.7 Å². The van der Waals surface area contributed by atoms with Gasteiger partial charge in [0.15, 0.2) is 0 Å². The van der Waals surface area contributed by atoms with Crippen LogP contribution in [-0.2, 0) is 15.0 Å². The average Bonchev–Trinajstić information content (AvgIpc) is 2.47. The molecule has 1 aliphatic heterocycles. The highest BCUT2D eigenvalue weighted by Gasteiger charge is 2.31. The number of aliphatic carboxylic acids is 1. The van der Waals surface area contributed by atoms with Crippen molar-refractivity contribution in [3.8, 4) is 0 Å². The number of carboxylic acid groups (broad SMARTS) is 1. The third-order valence-corrected chi connectivity index (χ3v) is 5.75. The van der Waals surface area contributed by atoms with Crippen LogP contribution in [0.1, 0.15) is 31.4 Å². The molecule has 0 saturated carbocycles. The second-order valence-corrected chi connectivity index (χ2v) is 7.55. The first kappa shape index (κ1) is 17.2. The summed E-state index contributed by atoms with van der Waals surface area (Å²) in [5.74, 6) is -1.32. The molecule has 2 rings (SSSR count). The second-order valence-electron chi connectivity index (χ2n) is 5.41. The van der Waals surface area contributed by atoms with E-state index in [0.29, 0.717) is 17.9 Å². The van der Waals surface area contributed by atoms with E-state index in [1.54, 1.807) is 31.2 Å². The fourth-order valence-electron chi connectivity index (χ4n) is 2.49. The lowest BCUT2D eigenvalue weighted by Gasteiger charge is -2.30. The Hall–Kier alpha value is -1.15. The van der Waals surface area contributed by atoms with E-state index in [2.05, 4.69) is 4.72 Å². The number of rotatable bonds is 5. The molecule has 1 aromatic rings. The Morgan fingerprint density at radius 3 is 2.59 bits per heavy atom. The minimum absolute atomic E-state index is 0.217. The van der Waals surface area contributed by atoms with Gasteiger partial charge in [-0.1, -0.05) is 23.7 Å². The molecule has 1 aliphatic rings. The van der Waals surface area contributed by atoms with Crippen molar-refractivity contribution in [1.82, 2.24) is 9.03 Å². The van der Waals surface area contributed by atoms with Gasteiger partial charge in [-0.15, -0.1) is 0 Å². The highest BCUT2D eigenvalue weighted by Crippen LogP contribution is 2.22. The first-order chi connectivity index (χ1) is 10.3. The van der Waals surface area contributed by atoms with Crippen LogP contribution in [0.3, 0.4) is 0 Å². The Labute approximate surface area is 135 Å². The Kier molecular flexibility index (Phi) is 5.44. The van der Waals surface area contributed by atoms with Crippen LogP contribution in [0, 0.1) is 5.92 Å². The lowest BCUT2D eigenvalue weighted by atomic mass is 9.99. The van der Waals surface area contributed by atoms with Gasteiger partial charge in [0.05, 0.1) is 5.92 Å². The van der Waals surface area contributed by atoms with E-state index in [0.717, 1.165) is 5.56 Å². The fraction of sp³-hybridized carbons (Fsp3) is 0.500. The molecule has 1 saturated heterocycles. The van der Waals surface area contributed by atoms with Crippen molar-refractivity contribution in [2.75, 3.05) is 13.1 Å². The number of nitrogens with one attached hydrogen (secondary N) is 1. The summed E-state index contributed by atoms with van der Waals surface area (Å²) in [5.41, 5.74) is 0.775. The molecule has 2 N–H and O–H groups in total. The lowest BCUT2D eigenvalue weighted by molar-refractivity contribution is -0.142. The van der Waals surface area contributed by atoms with E-state index < -0.39 is 28.1 Å². The molecule has 0 unspecified atom stereocenters. The molecule has 1 fully saturated rings. The summed E-state index contributed by atoms with van der Waals surface area (Å²) < 4.78 is 28.6. The molecule has 22 heavy (non-hydrogen) atoms. The summed E-state index contributed by atoms with van der Waals surface area (Å²) in [4.78, 5) is 10.9. The number of carboxylic acids is 1. The van der Waals surface area contributed by atoms with E-state index >= 15 is 0 Å². The molecule has 8 heteroatoms. The quantitative estimate of drug-likeness (QED) is 0.854. The lowest BCUT2D eigenvalue weighted by Crippen LogP contribution is -2.46. The van der Waals surface area contributed by atoms with Gasteiger partial charge in [0.1, 0.15) is 0 Å². The molecule has 122 valence electrons. The van der Waals surface area contributed by atoms with E-state index in [-0.39, 0.29) is 13.1 Å². The van der Waals surface area contributed by atoms with E-state index in [1.165, 1.54) is 4.31 Å². The summed E-state index contributed by atoms with van der Waals surface area (Å²) in [7, 11) is -3.65. The van der Waals surface area contributed by atoms with Crippen molar-refractivity contribution in [1.29, 1.82) is 0 Å². The van der Waals surface area contributed by atoms with Crippen LogP contribution in [0.5, 0.6) is 0 Å². The molecule has 0 bridgehead atoms. The van der Waals surface area contributed by atoms with Gasteiger partial charge in [-0.3, -0.25) is 4.79 Å². The second kappa shape index (κ2) is 6.95. The zero-order valence-corrected chi connectivity index (χ0v) is 13.8. The van der Waals surface area contributed by atoms with Crippen molar-refractivity contribution >= 4 is 27.8 Å². The van der Waals surface area contributed by atoms with Crippen molar-refractivity contribution in [3.63, 3.8) is 0 Å². The number of benzene rings is 1. The maximum atomic E-state index is 12.4. The van der Waals surface area contributed by atoms with Gasteiger partial charge in [0.2, 0.25) is 0 Å². The third-order valence-electron chi connectivity index (χ3n) is 3.82. The van der Waals surface area contributed by atoms with Gasteiger partial charge < -0.3 is 5.11 Å². The standard InChI is InChI=1S/C14H19ClN2O4S/c1-10(12-3-2-4-13(15)9-12)16-22(20,21)17-7-5-11(6-8-17)14(18)19/h2-4,9-11,16H,5-8H2,1H3,(H,18,19)/t10-/m1/s1. The minimum atomic E-state index is -3.65. The molecule has 6 nitrogen and oxygen atoms in total. The number of piperidine rings is 1. The van der Waals surface area contributed by atoms with E-state index in [1.807, 2.05) is 0 Å². The summed E-state index contributed by atoms with van der Waals surface area (Å²) in [6, 6.07) is 6.59. The zero-order chi connectivity index (χ0) is 16.3. The topological polar surface area (TPSA) is 86.7 Å². The van der Waals surface area contributed by atoms with Crippen LogP contribution in [0.2, 0.25) is 5.02 Å². The van der Waals surface area contributed by atoms with Crippen LogP contribution < -0.4 is 4.72 Å². The number of carbonyl (C=O) groups is 1. The zero-order valence-electron chi connectivity index (χ0n) is 12.2. The van der Waals surface area contributed by atoms with E-state index in [9.17, 15) is 13.2 Å². The minimum Gasteiger partial charge on any atom is -0.481 e. The predicted molar refractivity (Wildman–Crippen MR) is 83.9 cm³/mol. The first-order valence-corrected chi connectivity index (χ1v) is 8.87. The van der Waals surface area contributed by atoms with Crippen LogP contribution in [0.4, 0.5) is 0 Å². The van der Waals surface area contributed by atoms with Crippen molar-refractivity contribution in [2.24, 2.45) is 5.92 Å². The number of halogens is 1. The van der Waals surface area contributed by atoms with Crippen LogP contribution in [0.25, 0.3) is 0 Å². The highest BCUT2D eigenvalue weighted by atomic mass is 35.5. The molecule has 0 spiro atoms. The van der Waals surface area contributed by atoms with Gasteiger partial charge in [-0.25, -0.2) is 0 Å². The van der Waals surface area contributed by atoms with Gasteiger partial charge in [-0.05, 0) is 37.5 Å². The van der Waals surface area contributed by atoms with Crippen LogP contribution >= 0.6 is 11.6 Å². The SMILES string of the molecule is C[C@@H](NS(=O)(=O)N1CCC(C(=O)O)CC1)c1cccc(Cl)c1. The molecule has 1 heterocycles. The number of hydrogen-bond acceptors (Lipinski definition) is 3. The fourth-order valence-corrected chi connectivity index (χ4v) is 4.11. The normalized spacial score (nSPS) is 19.0. The number of hydrogen-bond donors (Lipinski definition) is 2. The summed E-state index contributed by atoms with van der Waals surface area (Å²) in [6.45, 7) is 2.18. The summed E-state index contributed by atoms with van der Waals surface area (Å²) in [6.07, 6.45) is 0.670. The van der Waals surface area contributed by atoms with Gasteiger partial charge in [0, 0.05) is 24.2 Å². The van der Waals surface area contributed by atoms with Crippen molar-refractivity contribution in [2.45, 2.75) is 25.8 Å². The largest absolute Gasteiger partial charge is 0.481 e. The number of nitrogens with zero attached hydrogens (tertiary/aromatic N) is 1. The first-order valence-electron chi connectivity index (χ1n) is 7.05. The average molecular weight is 347 g/mol. The molecule has 0 aromatic heterocycles. The Bertz CT molecular complexity index is 642. The molecule has 0 radical (unpaired) electrons. The maximum Gasteiger partial charge on any atom is 0.306 e. The maximum absolute atomic E-state index is 12.4. The predicted octanol–water partition coefficient (Wildman–Crippen LogP) is 2.03. The smallest absolute Gasteiger partial charge is 0.306 e. The van der Waals surface area contributed by atoms with Crippen LogP contribution in [0.15, 0.2) is 24.3 Å². The van der Waals surface area contributed by atoms with Gasteiger partial charge >= 0.3 is 5.97 Å². The Morgan fingerprint density at radius 1 is 1.41 bits per heavy atom.